The molecule has 3 aromatic rings. The molecule has 0 amide bonds. The number of anilines is 4. The summed E-state index contributed by atoms with van der Waals surface area (Å²) in [6, 6.07) is 13.3. The molecule has 0 radical (unpaired) electrons. The molecule has 116 valence electrons. The number of nitrogens with zero attached hydrogens (tertiary/aromatic N) is 3. The Kier molecular flexibility index (Phi) is 4.73. The van der Waals surface area contributed by atoms with Crippen molar-refractivity contribution in [3.8, 4) is 0 Å². The maximum Gasteiger partial charge on any atom is 0.249 e. The van der Waals surface area contributed by atoms with Crippen LogP contribution < -0.4 is 10.6 Å². The second-order valence-electron chi connectivity index (χ2n) is 4.89. The molecule has 0 saturated carbocycles. The van der Waals surface area contributed by atoms with Crippen LogP contribution >= 0.6 is 27.5 Å². The predicted octanol–water partition coefficient (Wildman–Crippen LogP) is 5.08. The van der Waals surface area contributed by atoms with E-state index in [4.69, 9.17) is 11.6 Å². The van der Waals surface area contributed by atoms with Crippen LogP contribution in [0.15, 0.2) is 53.1 Å². The van der Waals surface area contributed by atoms with Crippen molar-refractivity contribution in [2.24, 2.45) is 0 Å². The quantitative estimate of drug-likeness (QED) is 0.650. The zero-order chi connectivity index (χ0) is 16.2. The van der Waals surface area contributed by atoms with Crippen LogP contribution in [0.1, 0.15) is 5.56 Å². The number of rotatable bonds is 4. The van der Waals surface area contributed by atoms with Crippen molar-refractivity contribution < 1.29 is 0 Å². The van der Waals surface area contributed by atoms with Crippen LogP contribution in [0.4, 0.5) is 23.1 Å². The lowest BCUT2D eigenvalue weighted by molar-refractivity contribution is 0.982. The van der Waals surface area contributed by atoms with E-state index in [1.165, 1.54) is 0 Å². The zero-order valence-corrected chi connectivity index (χ0v) is 14.6. The molecule has 1 aromatic heterocycles. The number of hydrogen-bond donors (Lipinski definition) is 2. The van der Waals surface area contributed by atoms with E-state index in [1.807, 2.05) is 49.4 Å². The Morgan fingerprint density at radius 2 is 1.87 bits per heavy atom. The highest BCUT2D eigenvalue weighted by Crippen LogP contribution is 2.23. The van der Waals surface area contributed by atoms with E-state index in [0.717, 1.165) is 21.4 Å². The van der Waals surface area contributed by atoms with Gasteiger partial charge < -0.3 is 10.6 Å². The molecule has 0 saturated heterocycles. The third-order valence-electron chi connectivity index (χ3n) is 3.08. The molecule has 0 spiro atoms. The van der Waals surface area contributed by atoms with Gasteiger partial charge in [0.05, 0.1) is 6.20 Å². The smallest absolute Gasteiger partial charge is 0.249 e. The summed E-state index contributed by atoms with van der Waals surface area (Å²) in [5.41, 5.74) is 2.87. The fraction of sp³-hybridized carbons (Fsp3) is 0.0625. The Hall–Kier alpha value is -2.18. The SMILES string of the molecule is Cc1ccc(Nc2nncc(Nc3cccc(Cl)c3)n2)cc1Br. The second-order valence-corrected chi connectivity index (χ2v) is 6.18. The van der Waals surface area contributed by atoms with Crippen LogP contribution in [-0.4, -0.2) is 15.2 Å². The zero-order valence-electron chi connectivity index (χ0n) is 12.2. The van der Waals surface area contributed by atoms with Gasteiger partial charge in [-0.1, -0.05) is 39.7 Å². The van der Waals surface area contributed by atoms with Gasteiger partial charge in [-0.25, -0.2) is 0 Å². The van der Waals surface area contributed by atoms with Gasteiger partial charge in [-0.3, -0.25) is 0 Å². The summed E-state index contributed by atoms with van der Waals surface area (Å²) in [6.45, 7) is 2.03. The Bertz CT molecular complexity index is 840. The van der Waals surface area contributed by atoms with E-state index in [-0.39, 0.29) is 0 Å². The van der Waals surface area contributed by atoms with Gasteiger partial charge in [0.2, 0.25) is 5.95 Å². The number of hydrogen-bond acceptors (Lipinski definition) is 5. The Labute approximate surface area is 147 Å². The van der Waals surface area contributed by atoms with Crippen LogP contribution in [0.2, 0.25) is 5.02 Å². The molecule has 3 rings (SSSR count). The minimum Gasteiger partial charge on any atom is -0.339 e. The summed E-state index contributed by atoms with van der Waals surface area (Å²) in [5, 5.41) is 14.9. The fourth-order valence-corrected chi connectivity index (χ4v) is 2.50. The molecule has 0 unspecified atom stereocenters. The van der Waals surface area contributed by atoms with Gasteiger partial charge in [0.25, 0.3) is 0 Å². The van der Waals surface area contributed by atoms with Crippen molar-refractivity contribution in [2.45, 2.75) is 6.92 Å². The maximum atomic E-state index is 5.97. The summed E-state index contributed by atoms with van der Waals surface area (Å²) in [4.78, 5) is 4.39. The van der Waals surface area contributed by atoms with Gasteiger partial charge in [0.15, 0.2) is 5.82 Å². The Balaban J connectivity index is 1.78. The highest BCUT2D eigenvalue weighted by molar-refractivity contribution is 9.10. The molecule has 2 aromatic carbocycles. The standard InChI is InChI=1S/C16H13BrClN5/c1-10-5-6-13(8-14(10)17)21-16-22-15(9-19-23-16)20-12-4-2-3-11(18)7-12/h2-9H,1H3,(H2,20,21,22,23). The molecule has 5 nitrogen and oxygen atoms in total. The van der Waals surface area contributed by atoms with Gasteiger partial charge >= 0.3 is 0 Å². The van der Waals surface area contributed by atoms with Gasteiger partial charge in [-0.05, 0) is 42.8 Å². The number of benzene rings is 2. The molecule has 0 aliphatic rings. The van der Waals surface area contributed by atoms with Crippen LogP contribution in [0, 0.1) is 6.92 Å². The minimum atomic E-state index is 0.410. The number of aryl methyl sites for hydroxylation is 1. The number of halogens is 2. The average molecular weight is 391 g/mol. The summed E-state index contributed by atoms with van der Waals surface area (Å²) >= 11 is 9.48. The minimum absolute atomic E-state index is 0.410. The lowest BCUT2D eigenvalue weighted by Crippen LogP contribution is -2.02. The number of aromatic nitrogens is 3. The normalized spacial score (nSPS) is 10.4. The van der Waals surface area contributed by atoms with E-state index >= 15 is 0 Å². The van der Waals surface area contributed by atoms with E-state index < -0.39 is 0 Å². The van der Waals surface area contributed by atoms with E-state index in [1.54, 1.807) is 6.20 Å². The lowest BCUT2D eigenvalue weighted by atomic mass is 10.2. The first-order valence-electron chi connectivity index (χ1n) is 6.86. The molecular weight excluding hydrogens is 378 g/mol. The number of nitrogens with one attached hydrogen (secondary N) is 2. The predicted molar refractivity (Wildman–Crippen MR) is 96.7 cm³/mol. The molecule has 0 fully saturated rings. The Morgan fingerprint density at radius 1 is 1.04 bits per heavy atom. The van der Waals surface area contributed by atoms with Crippen LogP contribution in [0.25, 0.3) is 0 Å². The lowest BCUT2D eigenvalue weighted by Gasteiger charge is -2.08. The van der Waals surface area contributed by atoms with Gasteiger partial charge in [0, 0.05) is 20.9 Å². The van der Waals surface area contributed by atoms with Gasteiger partial charge in [0.1, 0.15) is 0 Å². The largest absolute Gasteiger partial charge is 0.339 e. The topological polar surface area (TPSA) is 62.7 Å². The third-order valence-corrected chi connectivity index (χ3v) is 4.17. The first kappa shape index (κ1) is 15.7. The third kappa shape index (κ3) is 4.18. The van der Waals surface area contributed by atoms with E-state index in [9.17, 15) is 0 Å². The van der Waals surface area contributed by atoms with Crippen LogP contribution in [-0.2, 0) is 0 Å². The average Bonchev–Trinajstić information content (AvgIpc) is 2.51. The van der Waals surface area contributed by atoms with Crippen molar-refractivity contribution in [1.29, 1.82) is 0 Å². The molecule has 2 N–H and O–H groups in total. The summed E-state index contributed by atoms with van der Waals surface area (Å²) in [7, 11) is 0. The molecule has 7 heteroatoms. The fourth-order valence-electron chi connectivity index (χ4n) is 1.93. The maximum absolute atomic E-state index is 5.97. The van der Waals surface area contributed by atoms with E-state index in [0.29, 0.717) is 16.8 Å². The van der Waals surface area contributed by atoms with E-state index in [2.05, 4.69) is 41.7 Å². The van der Waals surface area contributed by atoms with Crippen molar-refractivity contribution in [3.05, 3.63) is 63.7 Å². The van der Waals surface area contributed by atoms with Gasteiger partial charge in [-0.15, -0.1) is 5.10 Å². The second kappa shape index (κ2) is 6.93. The molecule has 23 heavy (non-hydrogen) atoms. The molecule has 1 heterocycles. The van der Waals surface area contributed by atoms with Crippen LogP contribution in [0.5, 0.6) is 0 Å². The highest BCUT2D eigenvalue weighted by atomic mass is 79.9. The Morgan fingerprint density at radius 3 is 2.65 bits per heavy atom. The first-order valence-corrected chi connectivity index (χ1v) is 8.03. The van der Waals surface area contributed by atoms with Crippen molar-refractivity contribution in [1.82, 2.24) is 15.2 Å². The summed E-state index contributed by atoms with van der Waals surface area (Å²) in [6.07, 6.45) is 1.55. The van der Waals surface area contributed by atoms with Crippen LogP contribution in [0.3, 0.4) is 0 Å². The molecule has 0 aliphatic heterocycles. The van der Waals surface area contributed by atoms with Crippen molar-refractivity contribution >= 4 is 50.7 Å². The van der Waals surface area contributed by atoms with Crippen molar-refractivity contribution in [3.63, 3.8) is 0 Å². The monoisotopic (exact) mass is 389 g/mol. The first-order chi connectivity index (χ1) is 11.1. The summed E-state index contributed by atoms with van der Waals surface area (Å²) < 4.78 is 1.02. The highest BCUT2D eigenvalue weighted by Gasteiger charge is 2.04. The molecule has 0 atom stereocenters. The molecule has 0 aliphatic carbocycles. The van der Waals surface area contributed by atoms with Gasteiger partial charge in [-0.2, -0.15) is 10.1 Å². The summed E-state index contributed by atoms with van der Waals surface area (Å²) in [5.74, 6) is 0.990. The molecular formula is C16H13BrClN5. The molecule has 0 bridgehead atoms. The van der Waals surface area contributed by atoms with Crippen molar-refractivity contribution in [2.75, 3.05) is 10.6 Å².